The van der Waals surface area contributed by atoms with Crippen LogP contribution in [0.5, 0.6) is 0 Å². The molecule has 0 aliphatic heterocycles. The number of aliphatic hydroxyl groups excluding tert-OH is 1. The third-order valence-corrected chi connectivity index (χ3v) is 7.51. The van der Waals surface area contributed by atoms with Gasteiger partial charge in [-0.1, -0.05) is 74.4 Å². The fourth-order valence-corrected chi connectivity index (χ4v) is 5.23. The first-order valence-electron chi connectivity index (χ1n) is 14.3. The SMILES string of the molecule is CCCCn1ccc2c(C)cc(C(=O)N[C@@H](Cc3cccc(C)c3)[C@H](O)CNCc3cccc(CC)c3)cc21. The van der Waals surface area contributed by atoms with Gasteiger partial charge >= 0.3 is 0 Å². The van der Waals surface area contributed by atoms with Gasteiger partial charge in [-0.25, -0.2) is 0 Å². The molecule has 0 saturated heterocycles. The number of aryl methyl sites for hydroxylation is 4. The minimum absolute atomic E-state index is 0.157. The van der Waals surface area contributed by atoms with Crippen LogP contribution in [0.4, 0.5) is 0 Å². The van der Waals surface area contributed by atoms with Gasteiger partial charge in [-0.15, -0.1) is 0 Å². The summed E-state index contributed by atoms with van der Waals surface area (Å²) in [6.07, 6.45) is 5.13. The van der Waals surface area contributed by atoms with Crippen LogP contribution in [0.15, 0.2) is 72.9 Å². The molecule has 4 rings (SSSR count). The average molecular weight is 526 g/mol. The Morgan fingerprint density at radius 2 is 1.72 bits per heavy atom. The lowest BCUT2D eigenvalue weighted by Gasteiger charge is -2.25. The van der Waals surface area contributed by atoms with Crippen molar-refractivity contribution in [2.24, 2.45) is 0 Å². The van der Waals surface area contributed by atoms with Crippen LogP contribution in [0.3, 0.4) is 0 Å². The topological polar surface area (TPSA) is 66.3 Å². The first-order chi connectivity index (χ1) is 18.9. The Labute approximate surface area is 233 Å². The number of hydrogen-bond acceptors (Lipinski definition) is 3. The van der Waals surface area contributed by atoms with Crippen LogP contribution in [0.2, 0.25) is 0 Å². The predicted molar refractivity (Wildman–Crippen MR) is 161 cm³/mol. The Kier molecular flexibility index (Phi) is 9.96. The van der Waals surface area contributed by atoms with Crippen molar-refractivity contribution in [2.45, 2.75) is 78.6 Å². The molecule has 206 valence electrons. The molecule has 3 aromatic carbocycles. The number of fused-ring (bicyclic) bond motifs is 1. The molecule has 2 atom stereocenters. The second-order valence-corrected chi connectivity index (χ2v) is 10.7. The van der Waals surface area contributed by atoms with E-state index in [0.29, 0.717) is 25.1 Å². The summed E-state index contributed by atoms with van der Waals surface area (Å²) in [7, 11) is 0. The van der Waals surface area contributed by atoms with Gasteiger partial charge in [0.2, 0.25) is 0 Å². The van der Waals surface area contributed by atoms with Crippen molar-refractivity contribution in [2.75, 3.05) is 6.54 Å². The largest absolute Gasteiger partial charge is 0.390 e. The van der Waals surface area contributed by atoms with E-state index in [4.69, 9.17) is 0 Å². The number of unbranched alkanes of at least 4 members (excludes halogenated alkanes) is 1. The summed E-state index contributed by atoms with van der Waals surface area (Å²) < 4.78 is 2.24. The van der Waals surface area contributed by atoms with Crippen LogP contribution in [0, 0.1) is 13.8 Å². The number of hydrogen-bond donors (Lipinski definition) is 3. The van der Waals surface area contributed by atoms with E-state index >= 15 is 0 Å². The standard InChI is InChI=1S/C34H43N3O2/c1-5-7-15-37-16-14-30-25(4)18-29(21-32(30)37)34(39)36-31(20-27-12-8-10-24(3)17-27)33(38)23-35-22-28-13-9-11-26(6-2)19-28/h8-14,16-19,21,31,33,35,38H,5-7,15,20,22-23H2,1-4H3,(H,36,39)/t31-,33+/m0/s1. The summed E-state index contributed by atoms with van der Waals surface area (Å²) in [5.41, 5.74) is 7.54. The molecular formula is C34H43N3O2. The van der Waals surface area contributed by atoms with Gasteiger partial charge in [0, 0.05) is 42.3 Å². The van der Waals surface area contributed by atoms with Gasteiger partial charge in [0.1, 0.15) is 0 Å². The van der Waals surface area contributed by atoms with Crippen molar-refractivity contribution >= 4 is 16.8 Å². The van der Waals surface area contributed by atoms with E-state index in [-0.39, 0.29) is 5.91 Å². The van der Waals surface area contributed by atoms with Crippen molar-refractivity contribution in [1.82, 2.24) is 15.2 Å². The van der Waals surface area contributed by atoms with Gasteiger partial charge < -0.3 is 20.3 Å². The summed E-state index contributed by atoms with van der Waals surface area (Å²) in [4.78, 5) is 13.6. The monoisotopic (exact) mass is 525 g/mol. The van der Waals surface area contributed by atoms with Crippen molar-refractivity contribution < 1.29 is 9.90 Å². The summed E-state index contributed by atoms with van der Waals surface area (Å²) in [5, 5.41) is 19.0. The highest BCUT2D eigenvalue weighted by Gasteiger charge is 2.23. The summed E-state index contributed by atoms with van der Waals surface area (Å²) in [6, 6.07) is 22.4. The lowest BCUT2D eigenvalue weighted by molar-refractivity contribution is 0.0830. The zero-order valence-electron chi connectivity index (χ0n) is 23.8. The van der Waals surface area contributed by atoms with E-state index in [1.54, 1.807) is 0 Å². The van der Waals surface area contributed by atoms with Gasteiger partial charge in [0.05, 0.1) is 12.1 Å². The smallest absolute Gasteiger partial charge is 0.251 e. The molecule has 39 heavy (non-hydrogen) atoms. The lowest BCUT2D eigenvalue weighted by atomic mass is 9.98. The summed E-state index contributed by atoms with van der Waals surface area (Å²) in [6.45, 7) is 10.4. The van der Waals surface area contributed by atoms with E-state index in [9.17, 15) is 9.90 Å². The van der Waals surface area contributed by atoms with Gasteiger partial charge in [0.25, 0.3) is 5.91 Å². The number of carbonyl (C=O) groups excluding carboxylic acids is 1. The number of nitrogens with one attached hydrogen (secondary N) is 2. The maximum absolute atomic E-state index is 13.6. The highest BCUT2D eigenvalue weighted by atomic mass is 16.3. The van der Waals surface area contributed by atoms with Crippen molar-refractivity contribution in [3.05, 3.63) is 106 Å². The third-order valence-electron chi connectivity index (χ3n) is 7.51. The van der Waals surface area contributed by atoms with Crippen molar-refractivity contribution in [3.63, 3.8) is 0 Å². The van der Waals surface area contributed by atoms with Crippen LogP contribution < -0.4 is 10.6 Å². The van der Waals surface area contributed by atoms with Gasteiger partial charge in [-0.3, -0.25) is 4.79 Å². The summed E-state index contributed by atoms with van der Waals surface area (Å²) >= 11 is 0. The maximum atomic E-state index is 13.6. The Hall–Kier alpha value is -3.41. The molecule has 5 heteroatoms. The Morgan fingerprint density at radius 3 is 2.49 bits per heavy atom. The van der Waals surface area contributed by atoms with E-state index in [2.05, 4.69) is 97.6 Å². The molecule has 0 aliphatic rings. The summed E-state index contributed by atoms with van der Waals surface area (Å²) in [5.74, 6) is -0.157. The number of carbonyl (C=O) groups is 1. The van der Waals surface area contributed by atoms with E-state index in [0.717, 1.165) is 48.0 Å². The second kappa shape index (κ2) is 13.6. The Morgan fingerprint density at radius 1 is 0.949 bits per heavy atom. The minimum atomic E-state index is -0.748. The zero-order chi connectivity index (χ0) is 27.8. The predicted octanol–water partition coefficient (Wildman–Crippen LogP) is 6.11. The molecule has 0 spiro atoms. The number of amides is 1. The van der Waals surface area contributed by atoms with Crippen LogP contribution in [-0.2, 0) is 25.9 Å². The van der Waals surface area contributed by atoms with E-state index < -0.39 is 12.1 Å². The molecule has 5 nitrogen and oxygen atoms in total. The number of rotatable bonds is 13. The fraction of sp³-hybridized carbons (Fsp3) is 0.382. The third kappa shape index (κ3) is 7.59. The molecule has 1 aromatic heterocycles. The molecule has 0 aliphatic carbocycles. The lowest BCUT2D eigenvalue weighted by Crippen LogP contribution is -2.48. The van der Waals surface area contributed by atoms with Gasteiger partial charge in [0.15, 0.2) is 0 Å². The molecule has 4 aromatic rings. The maximum Gasteiger partial charge on any atom is 0.251 e. The molecule has 0 unspecified atom stereocenters. The first kappa shape index (κ1) is 28.6. The van der Waals surface area contributed by atoms with Crippen LogP contribution in [0.1, 0.15) is 64.9 Å². The minimum Gasteiger partial charge on any atom is -0.390 e. The quantitative estimate of drug-likeness (QED) is 0.197. The molecule has 0 fully saturated rings. The highest BCUT2D eigenvalue weighted by molar-refractivity contribution is 5.99. The molecule has 0 saturated carbocycles. The first-order valence-corrected chi connectivity index (χ1v) is 14.3. The number of aromatic nitrogens is 1. The molecule has 1 amide bonds. The zero-order valence-corrected chi connectivity index (χ0v) is 23.8. The number of aliphatic hydroxyl groups is 1. The van der Waals surface area contributed by atoms with Gasteiger partial charge in [-0.2, -0.15) is 0 Å². The molecule has 3 N–H and O–H groups in total. The number of nitrogens with zero attached hydrogens (tertiary/aromatic N) is 1. The van der Waals surface area contributed by atoms with E-state index in [1.807, 2.05) is 18.2 Å². The Bertz CT molecular complexity index is 1390. The van der Waals surface area contributed by atoms with Crippen LogP contribution in [0.25, 0.3) is 10.9 Å². The van der Waals surface area contributed by atoms with Gasteiger partial charge in [-0.05, 0) is 73.6 Å². The molecule has 0 bridgehead atoms. The normalized spacial score (nSPS) is 12.9. The highest BCUT2D eigenvalue weighted by Crippen LogP contribution is 2.23. The molecular weight excluding hydrogens is 482 g/mol. The fourth-order valence-electron chi connectivity index (χ4n) is 5.23. The number of benzene rings is 3. The van der Waals surface area contributed by atoms with Crippen LogP contribution >= 0.6 is 0 Å². The van der Waals surface area contributed by atoms with Crippen LogP contribution in [-0.4, -0.2) is 34.3 Å². The van der Waals surface area contributed by atoms with E-state index in [1.165, 1.54) is 16.5 Å². The Balaban J connectivity index is 1.51. The molecule has 0 radical (unpaired) electrons. The molecule has 1 heterocycles. The van der Waals surface area contributed by atoms with Crippen molar-refractivity contribution in [3.8, 4) is 0 Å². The van der Waals surface area contributed by atoms with Crippen molar-refractivity contribution in [1.29, 1.82) is 0 Å². The second-order valence-electron chi connectivity index (χ2n) is 10.7. The average Bonchev–Trinajstić information content (AvgIpc) is 3.35.